The Labute approximate surface area is 122 Å². The Morgan fingerprint density at radius 1 is 1.14 bits per heavy atom. The molecule has 0 unspecified atom stereocenters. The fourth-order valence-electron chi connectivity index (χ4n) is 1.65. The van der Waals surface area contributed by atoms with Gasteiger partial charge in [-0.15, -0.1) is 0 Å². The molecular formula is C13H14N4O3S. The van der Waals surface area contributed by atoms with Gasteiger partial charge in [-0.25, -0.2) is 18.5 Å². The summed E-state index contributed by atoms with van der Waals surface area (Å²) in [5, 5.41) is 7.60. The van der Waals surface area contributed by atoms with Gasteiger partial charge in [-0.2, -0.15) is 0 Å². The van der Waals surface area contributed by atoms with Crippen LogP contribution in [0.4, 0.5) is 11.4 Å². The number of carbonyl (C=O) groups excluding carboxylic acids is 1. The standard InChI is InChI=1S/C13H14N4O3S/c14-10-3-6-12(16-7-10)13(18)17-11-4-1-9(2-5-11)8-21(15,19)20/h1-7H,8,14H2,(H,17,18)(H2,15,19,20). The molecule has 7 nitrogen and oxygen atoms in total. The number of nitrogens with two attached hydrogens (primary N) is 2. The van der Waals surface area contributed by atoms with Crippen LogP contribution in [-0.2, 0) is 15.8 Å². The van der Waals surface area contributed by atoms with Crippen molar-refractivity contribution < 1.29 is 13.2 Å². The second kappa shape index (κ2) is 5.90. The number of nitrogens with zero attached hydrogens (tertiary/aromatic N) is 1. The van der Waals surface area contributed by atoms with Gasteiger partial charge in [0, 0.05) is 5.69 Å². The first-order valence-corrected chi connectivity index (χ1v) is 7.67. The fourth-order valence-corrected chi connectivity index (χ4v) is 2.31. The van der Waals surface area contributed by atoms with Crippen LogP contribution in [0.3, 0.4) is 0 Å². The van der Waals surface area contributed by atoms with Crippen LogP contribution in [-0.4, -0.2) is 19.3 Å². The Hall–Kier alpha value is -2.45. The highest BCUT2D eigenvalue weighted by atomic mass is 32.2. The Bertz CT molecular complexity index is 740. The molecule has 1 heterocycles. The molecule has 0 atom stereocenters. The van der Waals surface area contributed by atoms with E-state index < -0.39 is 10.0 Å². The monoisotopic (exact) mass is 306 g/mol. The highest BCUT2D eigenvalue weighted by molar-refractivity contribution is 7.88. The smallest absolute Gasteiger partial charge is 0.274 e. The number of hydrogen-bond acceptors (Lipinski definition) is 5. The molecule has 5 N–H and O–H groups in total. The summed E-state index contributed by atoms with van der Waals surface area (Å²) in [5.74, 6) is -0.630. The second-order valence-electron chi connectivity index (χ2n) is 4.44. The minimum Gasteiger partial charge on any atom is -0.397 e. The van der Waals surface area contributed by atoms with Gasteiger partial charge in [0.1, 0.15) is 5.69 Å². The number of pyridine rings is 1. The molecule has 0 aliphatic rings. The number of anilines is 2. The largest absolute Gasteiger partial charge is 0.397 e. The number of nitrogens with one attached hydrogen (secondary N) is 1. The van der Waals surface area contributed by atoms with Crippen LogP contribution < -0.4 is 16.2 Å². The third kappa shape index (κ3) is 4.55. The topological polar surface area (TPSA) is 128 Å². The van der Waals surface area contributed by atoms with E-state index in [1.54, 1.807) is 30.3 Å². The van der Waals surface area contributed by atoms with Crippen LogP contribution in [0.25, 0.3) is 0 Å². The van der Waals surface area contributed by atoms with Crippen LogP contribution >= 0.6 is 0 Å². The van der Waals surface area contributed by atoms with Crippen molar-refractivity contribution in [3.05, 3.63) is 53.9 Å². The van der Waals surface area contributed by atoms with Crippen molar-refractivity contribution in [3.63, 3.8) is 0 Å². The molecule has 0 radical (unpaired) electrons. The van der Waals surface area contributed by atoms with Crippen LogP contribution in [0.5, 0.6) is 0 Å². The number of hydrogen-bond donors (Lipinski definition) is 3. The second-order valence-corrected chi connectivity index (χ2v) is 6.05. The van der Waals surface area contributed by atoms with Crippen molar-refractivity contribution in [1.82, 2.24) is 4.98 Å². The quantitative estimate of drug-likeness (QED) is 0.766. The average molecular weight is 306 g/mol. The maximum Gasteiger partial charge on any atom is 0.274 e. The summed E-state index contributed by atoms with van der Waals surface area (Å²) >= 11 is 0. The Balaban J connectivity index is 2.06. The summed E-state index contributed by atoms with van der Waals surface area (Å²) < 4.78 is 21.9. The van der Waals surface area contributed by atoms with E-state index in [1.807, 2.05) is 0 Å². The van der Waals surface area contributed by atoms with Gasteiger partial charge in [-0.3, -0.25) is 4.79 Å². The average Bonchev–Trinajstić information content (AvgIpc) is 2.40. The zero-order valence-electron chi connectivity index (χ0n) is 11.0. The Kier molecular flexibility index (Phi) is 4.20. The third-order valence-electron chi connectivity index (χ3n) is 2.60. The summed E-state index contributed by atoms with van der Waals surface area (Å²) in [6.07, 6.45) is 1.39. The normalized spacial score (nSPS) is 11.1. The molecule has 0 saturated heterocycles. The van der Waals surface area contributed by atoms with Crippen LogP contribution in [0, 0.1) is 0 Å². The van der Waals surface area contributed by atoms with Crippen LogP contribution in [0.2, 0.25) is 0 Å². The zero-order chi connectivity index (χ0) is 15.5. The van der Waals surface area contributed by atoms with Gasteiger partial charge in [0.2, 0.25) is 10.0 Å². The molecule has 0 spiro atoms. The van der Waals surface area contributed by atoms with Crippen molar-refractivity contribution in [1.29, 1.82) is 0 Å². The molecular weight excluding hydrogens is 292 g/mol. The van der Waals surface area contributed by atoms with Gasteiger partial charge in [0.25, 0.3) is 5.91 Å². The van der Waals surface area contributed by atoms with Crippen LogP contribution in [0.1, 0.15) is 16.1 Å². The number of aromatic nitrogens is 1. The van der Waals surface area contributed by atoms with Gasteiger partial charge in [0.05, 0.1) is 17.6 Å². The number of carbonyl (C=O) groups is 1. The minimum absolute atomic E-state index is 0.234. The molecule has 0 aliphatic heterocycles. The molecule has 21 heavy (non-hydrogen) atoms. The maximum atomic E-state index is 11.9. The molecule has 1 amide bonds. The van der Waals surface area contributed by atoms with E-state index in [9.17, 15) is 13.2 Å². The van der Waals surface area contributed by atoms with Gasteiger partial charge in [-0.05, 0) is 29.8 Å². The maximum absolute atomic E-state index is 11.9. The molecule has 2 aromatic rings. The highest BCUT2D eigenvalue weighted by Gasteiger charge is 2.08. The lowest BCUT2D eigenvalue weighted by atomic mass is 10.2. The number of amides is 1. The number of rotatable bonds is 4. The van der Waals surface area contributed by atoms with E-state index in [-0.39, 0.29) is 17.4 Å². The SMILES string of the molecule is Nc1ccc(C(=O)Nc2ccc(CS(N)(=O)=O)cc2)nc1. The summed E-state index contributed by atoms with van der Waals surface area (Å²) in [5.41, 5.74) is 7.27. The van der Waals surface area contributed by atoms with E-state index in [4.69, 9.17) is 10.9 Å². The summed E-state index contributed by atoms with van der Waals surface area (Å²) in [6.45, 7) is 0. The van der Waals surface area contributed by atoms with E-state index >= 15 is 0 Å². The predicted molar refractivity (Wildman–Crippen MR) is 79.9 cm³/mol. The van der Waals surface area contributed by atoms with Crippen molar-refractivity contribution in [2.45, 2.75) is 5.75 Å². The lowest BCUT2D eigenvalue weighted by Crippen LogP contribution is -2.15. The first kappa shape index (κ1) is 14.9. The molecule has 2 rings (SSSR count). The molecule has 0 aliphatic carbocycles. The molecule has 1 aromatic heterocycles. The van der Waals surface area contributed by atoms with E-state index in [2.05, 4.69) is 10.3 Å². The first-order chi connectivity index (χ1) is 9.83. The first-order valence-electron chi connectivity index (χ1n) is 5.96. The molecule has 0 saturated carbocycles. The molecule has 0 fully saturated rings. The van der Waals surface area contributed by atoms with Crippen molar-refractivity contribution in [3.8, 4) is 0 Å². The van der Waals surface area contributed by atoms with Gasteiger partial charge in [0.15, 0.2) is 0 Å². The molecule has 1 aromatic carbocycles. The lowest BCUT2D eigenvalue weighted by Gasteiger charge is -2.06. The number of primary sulfonamides is 1. The van der Waals surface area contributed by atoms with Gasteiger partial charge < -0.3 is 11.1 Å². The molecule has 8 heteroatoms. The Morgan fingerprint density at radius 2 is 1.81 bits per heavy atom. The number of benzene rings is 1. The van der Waals surface area contributed by atoms with E-state index in [0.717, 1.165) is 0 Å². The summed E-state index contributed by atoms with van der Waals surface area (Å²) in [6, 6.07) is 9.44. The van der Waals surface area contributed by atoms with Crippen molar-refractivity contribution >= 4 is 27.3 Å². The number of nitrogen functional groups attached to an aromatic ring is 1. The van der Waals surface area contributed by atoms with Gasteiger partial charge in [-0.1, -0.05) is 12.1 Å². The highest BCUT2D eigenvalue weighted by Crippen LogP contribution is 2.12. The van der Waals surface area contributed by atoms with Gasteiger partial charge >= 0.3 is 0 Å². The fraction of sp³-hybridized carbons (Fsp3) is 0.0769. The Morgan fingerprint density at radius 3 is 2.33 bits per heavy atom. The predicted octanol–water partition coefficient (Wildman–Crippen LogP) is 0.705. The summed E-state index contributed by atoms with van der Waals surface area (Å²) in [7, 11) is -3.57. The molecule has 110 valence electrons. The number of sulfonamides is 1. The summed E-state index contributed by atoms with van der Waals surface area (Å²) in [4.78, 5) is 15.8. The van der Waals surface area contributed by atoms with E-state index in [0.29, 0.717) is 16.9 Å². The van der Waals surface area contributed by atoms with Crippen LogP contribution in [0.15, 0.2) is 42.6 Å². The van der Waals surface area contributed by atoms with E-state index in [1.165, 1.54) is 12.3 Å². The van der Waals surface area contributed by atoms with Crippen molar-refractivity contribution in [2.75, 3.05) is 11.1 Å². The van der Waals surface area contributed by atoms with Crippen molar-refractivity contribution in [2.24, 2.45) is 5.14 Å². The zero-order valence-corrected chi connectivity index (χ0v) is 11.8. The lowest BCUT2D eigenvalue weighted by molar-refractivity contribution is 0.102. The minimum atomic E-state index is -3.57. The third-order valence-corrected chi connectivity index (χ3v) is 3.33. The molecule has 0 bridgehead atoms.